The summed E-state index contributed by atoms with van der Waals surface area (Å²) in [6.07, 6.45) is 9.44. The fourth-order valence-corrected chi connectivity index (χ4v) is 5.25. The van der Waals surface area contributed by atoms with E-state index in [1.165, 1.54) is 5.56 Å². The maximum absolute atomic E-state index is 12.9. The molecule has 1 aliphatic carbocycles. The molecule has 5 rings (SSSR count). The van der Waals surface area contributed by atoms with Gasteiger partial charge in [-0.05, 0) is 51.4 Å². The van der Waals surface area contributed by atoms with Crippen molar-refractivity contribution in [3.8, 4) is 0 Å². The molecule has 3 heterocycles. The number of nitrogens with zero attached hydrogens (tertiary/aromatic N) is 3. The molecule has 1 aliphatic heterocycles. The number of aromatic amines is 1. The number of H-pyrrole nitrogens is 1. The molecule has 2 fully saturated rings. The van der Waals surface area contributed by atoms with Crippen LogP contribution in [0.2, 0.25) is 0 Å². The Morgan fingerprint density at radius 1 is 1.03 bits per heavy atom. The fraction of sp³-hybridized carbons (Fsp3) is 0.391. The minimum atomic E-state index is -0.177. The van der Waals surface area contributed by atoms with Gasteiger partial charge in [-0.25, -0.2) is 4.79 Å². The normalized spacial score (nSPS) is 27.1. The van der Waals surface area contributed by atoms with Crippen molar-refractivity contribution in [3.05, 3.63) is 60.6 Å². The third-order valence-electron chi connectivity index (χ3n) is 7.03. The summed E-state index contributed by atoms with van der Waals surface area (Å²) >= 11 is 0. The van der Waals surface area contributed by atoms with Crippen molar-refractivity contribution in [1.29, 1.82) is 0 Å². The molecule has 6 nitrogen and oxygen atoms in total. The summed E-state index contributed by atoms with van der Waals surface area (Å²) in [6.45, 7) is 0.691. The Kier molecular flexibility index (Phi) is 4.13. The summed E-state index contributed by atoms with van der Waals surface area (Å²) in [4.78, 5) is 24.7. The lowest BCUT2D eigenvalue weighted by atomic mass is 9.69. The molecule has 0 unspecified atom stereocenters. The predicted octanol–water partition coefficient (Wildman–Crippen LogP) is 3.86. The Morgan fingerprint density at radius 2 is 1.79 bits per heavy atom. The predicted molar refractivity (Wildman–Crippen MR) is 115 cm³/mol. The number of pyridine rings is 1. The number of urea groups is 1. The summed E-state index contributed by atoms with van der Waals surface area (Å²) in [5, 5.41) is 4.37. The molecule has 3 aromatic rings. The largest absolute Gasteiger partial charge is 0.360 e. The van der Waals surface area contributed by atoms with Crippen LogP contribution in [-0.2, 0) is 5.54 Å². The Labute approximate surface area is 170 Å². The van der Waals surface area contributed by atoms with Gasteiger partial charge in [0.25, 0.3) is 0 Å². The summed E-state index contributed by atoms with van der Waals surface area (Å²) in [7, 11) is 4.34. The number of aromatic nitrogens is 2. The van der Waals surface area contributed by atoms with Crippen LogP contribution in [0.1, 0.15) is 31.2 Å². The number of amides is 2. The molecule has 1 aromatic carbocycles. The second kappa shape index (κ2) is 6.59. The lowest BCUT2D eigenvalue weighted by Crippen LogP contribution is -2.54. The van der Waals surface area contributed by atoms with Crippen molar-refractivity contribution in [2.45, 2.75) is 36.8 Å². The zero-order valence-electron chi connectivity index (χ0n) is 17.0. The number of anilines is 1. The molecule has 2 aliphatic rings. The zero-order chi connectivity index (χ0) is 20.1. The maximum atomic E-state index is 12.9. The van der Waals surface area contributed by atoms with Crippen LogP contribution in [0.3, 0.4) is 0 Å². The topological polar surface area (TPSA) is 64.3 Å². The minimum Gasteiger partial charge on any atom is -0.360 e. The Morgan fingerprint density at radius 3 is 2.52 bits per heavy atom. The van der Waals surface area contributed by atoms with E-state index < -0.39 is 0 Å². The Balaban J connectivity index is 1.41. The molecule has 0 atom stereocenters. The van der Waals surface area contributed by atoms with Gasteiger partial charge in [0.05, 0.1) is 35.7 Å². The maximum Gasteiger partial charge on any atom is 0.322 e. The van der Waals surface area contributed by atoms with Crippen LogP contribution in [0.25, 0.3) is 10.9 Å². The fourth-order valence-electron chi connectivity index (χ4n) is 5.25. The average Bonchev–Trinajstić information content (AvgIpc) is 3.34. The van der Waals surface area contributed by atoms with Crippen LogP contribution >= 0.6 is 0 Å². The highest BCUT2D eigenvalue weighted by Gasteiger charge is 2.50. The summed E-state index contributed by atoms with van der Waals surface area (Å²) in [5.41, 5.74) is 3.04. The number of hydrogen-bond acceptors (Lipinski definition) is 3. The smallest absolute Gasteiger partial charge is 0.322 e. The molecule has 0 radical (unpaired) electrons. The molecular weight excluding hydrogens is 362 g/mol. The van der Waals surface area contributed by atoms with Crippen LogP contribution in [0.15, 0.2) is 55.0 Å². The Bertz CT molecular complexity index is 1030. The van der Waals surface area contributed by atoms with Gasteiger partial charge in [-0.1, -0.05) is 30.3 Å². The third-order valence-corrected chi connectivity index (χ3v) is 7.03. The van der Waals surface area contributed by atoms with E-state index in [4.69, 9.17) is 0 Å². The number of benzene rings is 1. The summed E-state index contributed by atoms with van der Waals surface area (Å²) < 4.78 is 0. The second-order valence-electron chi connectivity index (χ2n) is 8.69. The minimum absolute atomic E-state index is 0.0161. The summed E-state index contributed by atoms with van der Waals surface area (Å²) in [5.74, 6) is 0. The monoisotopic (exact) mass is 389 g/mol. The molecule has 29 heavy (non-hydrogen) atoms. The second-order valence-corrected chi connectivity index (χ2v) is 8.69. The first kappa shape index (κ1) is 18.2. The number of carbonyl (C=O) groups is 1. The lowest BCUT2D eigenvalue weighted by Gasteiger charge is -2.48. The number of nitrogens with one attached hydrogen (secondary N) is 2. The SMILES string of the molecule is CN(C)[C@]1(c2ccccc2)CC[C@]2(CC1)CN(c1cncc3[nH]ccc13)C(=O)N2. The van der Waals surface area contributed by atoms with Gasteiger partial charge in [0.1, 0.15) is 0 Å². The number of carbonyl (C=O) groups excluding carboxylic acids is 1. The van der Waals surface area contributed by atoms with Gasteiger partial charge in [0.15, 0.2) is 0 Å². The van der Waals surface area contributed by atoms with Crippen molar-refractivity contribution in [1.82, 2.24) is 20.2 Å². The van der Waals surface area contributed by atoms with Crippen LogP contribution in [0.4, 0.5) is 10.5 Å². The van der Waals surface area contributed by atoms with Crippen LogP contribution in [0, 0.1) is 0 Å². The third kappa shape index (κ3) is 2.82. The number of hydrogen-bond donors (Lipinski definition) is 2. The molecule has 150 valence electrons. The van der Waals surface area contributed by atoms with Gasteiger partial charge in [-0.2, -0.15) is 0 Å². The molecular formula is C23H27N5O. The van der Waals surface area contributed by atoms with Gasteiger partial charge in [-0.15, -0.1) is 0 Å². The van der Waals surface area contributed by atoms with Crippen LogP contribution in [-0.4, -0.2) is 47.1 Å². The van der Waals surface area contributed by atoms with Crippen molar-refractivity contribution in [2.75, 3.05) is 25.5 Å². The highest BCUT2D eigenvalue weighted by atomic mass is 16.2. The van der Waals surface area contributed by atoms with E-state index in [2.05, 4.69) is 64.6 Å². The molecule has 2 N–H and O–H groups in total. The van der Waals surface area contributed by atoms with E-state index in [0.717, 1.165) is 42.3 Å². The van der Waals surface area contributed by atoms with E-state index in [9.17, 15) is 4.79 Å². The average molecular weight is 390 g/mol. The van der Waals surface area contributed by atoms with Gasteiger partial charge < -0.3 is 10.3 Å². The highest BCUT2D eigenvalue weighted by Crippen LogP contribution is 2.46. The van der Waals surface area contributed by atoms with Gasteiger partial charge in [0.2, 0.25) is 0 Å². The van der Waals surface area contributed by atoms with Gasteiger partial charge in [-0.3, -0.25) is 14.8 Å². The molecule has 2 aromatic heterocycles. The first-order valence-corrected chi connectivity index (χ1v) is 10.3. The first-order valence-electron chi connectivity index (χ1n) is 10.3. The van der Waals surface area contributed by atoms with Crippen LogP contribution in [0.5, 0.6) is 0 Å². The first-order chi connectivity index (χ1) is 14.0. The van der Waals surface area contributed by atoms with Crippen molar-refractivity contribution >= 4 is 22.6 Å². The van der Waals surface area contributed by atoms with Crippen LogP contribution < -0.4 is 10.2 Å². The Hall–Kier alpha value is -2.86. The van der Waals surface area contributed by atoms with E-state index in [1.54, 1.807) is 12.4 Å². The lowest BCUT2D eigenvalue weighted by molar-refractivity contribution is 0.0658. The number of rotatable bonds is 3. The standard InChI is InChI=1S/C23H27N5O/c1-27(2)23(17-6-4-3-5-7-17)11-9-22(10-12-23)16-28(21(29)26-22)20-15-24-14-19-18(20)8-13-25-19/h3-8,13-15,25H,9-12,16H2,1-2H3,(H,26,29)/t22-,23+. The van der Waals surface area contributed by atoms with E-state index >= 15 is 0 Å². The molecule has 1 spiro atoms. The van der Waals surface area contributed by atoms with Crippen molar-refractivity contribution in [3.63, 3.8) is 0 Å². The van der Waals surface area contributed by atoms with Crippen molar-refractivity contribution in [2.24, 2.45) is 0 Å². The van der Waals surface area contributed by atoms with Gasteiger partial charge in [0, 0.05) is 17.1 Å². The van der Waals surface area contributed by atoms with E-state index in [-0.39, 0.29) is 17.1 Å². The molecule has 1 saturated heterocycles. The zero-order valence-corrected chi connectivity index (χ0v) is 17.0. The quantitative estimate of drug-likeness (QED) is 0.715. The molecule has 0 bridgehead atoms. The molecule has 2 amide bonds. The van der Waals surface area contributed by atoms with E-state index in [0.29, 0.717) is 6.54 Å². The van der Waals surface area contributed by atoms with E-state index in [1.807, 2.05) is 17.2 Å². The van der Waals surface area contributed by atoms with Gasteiger partial charge >= 0.3 is 6.03 Å². The molecule has 1 saturated carbocycles. The number of fused-ring (bicyclic) bond motifs is 1. The summed E-state index contributed by atoms with van der Waals surface area (Å²) in [6, 6.07) is 12.8. The molecule has 6 heteroatoms. The van der Waals surface area contributed by atoms with Crippen molar-refractivity contribution < 1.29 is 4.79 Å². The highest BCUT2D eigenvalue weighted by molar-refractivity contribution is 6.03.